The minimum atomic E-state index is -4.49. The average Bonchev–Trinajstić information content (AvgIpc) is 3.32. The first-order valence-electron chi connectivity index (χ1n) is 11.4. The summed E-state index contributed by atoms with van der Waals surface area (Å²) in [7, 11) is 0. The topological polar surface area (TPSA) is 87.2 Å². The molecule has 1 fully saturated rings. The molecule has 2 aliphatic rings. The van der Waals surface area contributed by atoms with Crippen molar-refractivity contribution in [2.24, 2.45) is 0 Å². The standard InChI is InChI=1S/C24H25ClF3N5O2/c25-19-11-15(12-21(34)31-18-3-1-2-4-18)13-30-22(19)16-7-9-33(10-8-16)23(35)32-20-6-5-17(14-29-20)24(26,27)28/h5-7,11,13-14,18H,1-4,8-10,12H2,(H,31,34)(H,29,32,35). The lowest BCUT2D eigenvalue weighted by molar-refractivity contribution is -0.137. The van der Waals surface area contributed by atoms with Crippen molar-refractivity contribution in [3.05, 3.63) is 58.5 Å². The highest BCUT2D eigenvalue weighted by Crippen LogP contribution is 2.30. The van der Waals surface area contributed by atoms with Gasteiger partial charge in [0.15, 0.2) is 0 Å². The Bertz CT molecular complexity index is 1120. The Balaban J connectivity index is 1.32. The lowest BCUT2D eigenvalue weighted by Crippen LogP contribution is -2.38. The molecule has 1 saturated carbocycles. The molecular weight excluding hydrogens is 483 g/mol. The van der Waals surface area contributed by atoms with Crippen LogP contribution in [0.4, 0.5) is 23.8 Å². The molecule has 2 aromatic heterocycles. The van der Waals surface area contributed by atoms with Crippen LogP contribution in [0, 0.1) is 0 Å². The predicted octanol–water partition coefficient (Wildman–Crippen LogP) is 5.07. The highest BCUT2D eigenvalue weighted by atomic mass is 35.5. The highest BCUT2D eigenvalue weighted by Gasteiger charge is 2.31. The van der Waals surface area contributed by atoms with Crippen LogP contribution in [0.15, 0.2) is 36.7 Å². The van der Waals surface area contributed by atoms with Gasteiger partial charge < -0.3 is 10.2 Å². The van der Waals surface area contributed by atoms with Gasteiger partial charge in [0.25, 0.3) is 0 Å². The molecule has 2 N–H and O–H groups in total. The number of carbonyl (C=O) groups is 2. The maximum Gasteiger partial charge on any atom is 0.417 e. The van der Waals surface area contributed by atoms with Crippen LogP contribution in [0.5, 0.6) is 0 Å². The first-order valence-corrected chi connectivity index (χ1v) is 11.8. The van der Waals surface area contributed by atoms with E-state index in [1.807, 2.05) is 6.08 Å². The molecule has 0 atom stereocenters. The second-order valence-electron chi connectivity index (χ2n) is 8.69. The Morgan fingerprint density at radius 1 is 1.14 bits per heavy atom. The summed E-state index contributed by atoms with van der Waals surface area (Å²) in [6.45, 7) is 0.660. The molecule has 7 nitrogen and oxygen atoms in total. The van der Waals surface area contributed by atoms with Crippen molar-refractivity contribution >= 4 is 34.9 Å². The number of halogens is 4. The van der Waals surface area contributed by atoms with E-state index in [1.165, 1.54) is 4.90 Å². The number of amides is 3. The number of rotatable bonds is 5. The van der Waals surface area contributed by atoms with E-state index < -0.39 is 17.8 Å². The van der Waals surface area contributed by atoms with E-state index in [1.54, 1.807) is 12.3 Å². The van der Waals surface area contributed by atoms with E-state index in [0.29, 0.717) is 29.9 Å². The molecule has 0 radical (unpaired) electrons. The monoisotopic (exact) mass is 507 g/mol. The smallest absolute Gasteiger partial charge is 0.353 e. The van der Waals surface area contributed by atoms with Gasteiger partial charge >= 0.3 is 12.2 Å². The summed E-state index contributed by atoms with van der Waals surface area (Å²) < 4.78 is 38.0. The van der Waals surface area contributed by atoms with Gasteiger partial charge in [-0.25, -0.2) is 9.78 Å². The Morgan fingerprint density at radius 3 is 2.51 bits per heavy atom. The average molecular weight is 508 g/mol. The van der Waals surface area contributed by atoms with Gasteiger partial charge in [0.2, 0.25) is 5.91 Å². The van der Waals surface area contributed by atoms with Gasteiger partial charge in [-0.1, -0.05) is 30.5 Å². The number of carbonyl (C=O) groups excluding carboxylic acids is 2. The molecule has 1 aliphatic heterocycles. The SMILES string of the molecule is O=C(Cc1cnc(C2=CCN(C(=O)Nc3ccc(C(F)(F)F)cn3)CC2)c(Cl)c1)NC1CCCC1. The normalized spacial score (nSPS) is 16.7. The fourth-order valence-electron chi connectivity index (χ4n) is 4.24. The minimum absolute atomic E-state index is 0.0371. The molecule has 0 saturated heterocycles. The zero-order valence-corrected chi connectivity index (χ0v) is 19.6. The Hall–Kier alpha value is -3.14. The molecule has 0 bridgehead atoms. The van der Waals surface area contributed by atoms with Crippen LogP contribution in [0.2, 0.25) is 5.02 Å². The number of hydrogen-bond donors (Lipinski definition) is 2. The van der Waals surface area contributed by atoms with E-state index in [4.69, 9.17) is 11.6 Å². The first kappa shape index (κ1) is 25.0. The third-order valence-corrected chi connectivity index (χ3v) is 6.40. The maximum atomic E-state index is 12.7. The molecule has 0 spiro atoms. The van der Waals surface area contributed by atoms with Gasteiger partial charge in [-0.15, -0.1) is 0 Å². The van der Waals surface area contributed by atoms with Crippen molar-refractivity contribution in [2.75, 3.05) is 18.4 Å². The molecule has 3 heterocycles. The predicted molar refractivity (Wildman–Crippen MR) is 126 cm³/mol. The van der Waals surface area contributed by atoms with Gasteiger partial charge in [-0.3, -0.25) is 15.1 Å². The zero-order chi connectivity index (χ0) is 25.0. The molecule has 11 heteroatoms. The van der Waals surface area contributed by atoms with Crippen molar-refractivity contribution in [3.63, 3.8) is 0 Å². The van der Waals surface area contributed by atoms with Gasteiger partial charge in [0, 0.05) is 31.5 Å². The Kier molecular flexibility index (Phi) is 7.59. The second kappa shape index (κ2) is 10.6. The van der Waals surface area contributed by atoms with Gasteiger partial charge in [-0.2, -0.15) is 13.2 Å². The Morgan fingerprint density at radius 2 is 1.91 bits per heavy atom. The number of alkyl halides is 3. The Labute approximate surface area is 205 Å². The summed E-state index contributed by atoms with van der Waals surface area (Å²) in [5.41, 5.74) is 1.34. The van der Waals surface area contributed by atoms with E-state index in [-0.39, 0.29) is 30.7 Å². The maximum absolute atomic E-state index is 12.7. The second-order valence-corrected chi connectivity index (χ2v) is 9.09. The van der Waals surface area contributed by atoms with E-state index >= 15 is 0 Å². The fraction of sp³-hybridized carbons (Fsp3) is 0.417. The molecule has 3 amide bonds. The summed E-state index contributed by atoms with van der Waals surface area (Å²) >= 11 is 6.45. The van der Waals surface area contributed by atoms with Crippen molar-refractivity contribution in [1.82, 2.24) is 20.2 Å². The lowest BCUT2D eigenvalue weighted by Gasteiger charge is -2.26. The molecule has 186 valence electrons. The van der Waals surface area contributed by atoms with Crippen molar-refractivity contribution in [1.29, 1.82) is 0 Å². The van der Waals surface area contributed by atoms with Crippen LogP contribution in [0.3, 0.4) is 0 Å². The quantitative estimate of drug-likeness (QED) is 0.591. The molecule has 1 aliphatic carbocycles. The first-order chi connectivity index (χ1) is 16.7. The van der Waals surface area contributed by atoms with Gasteiger partial charge in [0.05, 0.1) is 22.7 Å². The van der Waals surface area contributed by atoms with Gasteiger partial charge in [-0.05, 0) is 48.6 Å². The van der Waals surface area contributed by atoms with Crippen LogP contribution < -0.4 is 10.6 Å². The highest BCUT2D eigenvalue weighted by molar-refractivity contribution is 6.32. The van der Waals surface area contributed by atoms with Crippen LogP contribution in [0.1, 0.15) is 48.9 Å². The summed E-state index contributed by atoms with van der Waals surface area (Å²) in [6, 6.07) is 3.52. The molecule has 0 aromatic carbocycles. The molecule has 35 heavy (non-hydrogen) atoms. The zero-order valence-electron chi connectivity index (χ0n) is 18.9. The number of nitrogens with zero attached hydrogens (tertiary/aromatic N) is 3. The van der Waals surface area contributed by atoms with Crippen LogP contribution >= 0.6 is 11.6 Å². The number of anilines is 1. The molecule has 0 unspecified atom stereocenters. The third kappa shape index (κ3) is 6.50. The number of hydrogen-bond acceptors (Lipinski definition) is 4. The summed E-state index contributed by atoms with van der Waals surface area (Å²) in [5, 5.41) is 5.99. The number of urea groups is 1. The lowest BCUT2D eigenvalue weighted by atomic mass is 10.0. The van der Waals surface area contributed by atoms with Gasteiger partial charge in [0.1, 0.15) is 5.82 Å². The van der Waals surface area contributed by atoms with E-state index in [2.05, 4.69) is 20.6 Å². The molecular formula is C24H25ClF3N5O2. The fourth-order valence-corrected chi connectivity index (χ4v) is 4.55. The summed E-state index contributed by atoms with van der Waals surface area (Å²) in [5.74, 6) is -0.00127. The molecule has 4 rings (SSSR count). The van der Waals surface area contributed by atoms with Crippen molar-refractivity contribution in [2.45, 2.75) is 50.7 Å². The summed E-state index contributed by atoms with van der Waals surface area (Å²) in [6.07, 6.45) is 4.73. The van der Waals surface area contributed by atoms with Crippen LogP contribution in [-0.2, 0) is 17.4 Å². The van der Waals surface area contributed by atoms with E-state index in [9.17, 15) is 22.8 Å². The largest absolute Gasteiger partial charge is 0.417 e. The van der Waals surface area contributed by atoms with Crippen LogP contribution in [0.25, 0.3) is 5.57 Å². The van der Waals surface area contributed by atoms with Crippen molar-refractivity contribution < 1.29 is 22.8 Å². The van der Waals surface area contributed by atoms with E-state index in [0.717, 1.165) is 49.0 Å². The molecule has 2 aromatic rings. The van der Waals surface area contributed by atoms with Crippen LogP contribution in [-0.4, -0.2) is 45.9 Å². The van der Waals surface area contributed by atoms with Crippen molar-refractivity contribution in [3.8, 4) is 0 Å². The number of pyridine rings is 2. The minimum Gasteiger partial charge on any atom is -0.353 e. The summed E-state index contributed by atoms with van der Waals surface area (Å²) in [4.78, 5) is 34.4. The number of aromatic nitrogens is 2. The third-order valence-electron chi connectivity index (χ3n) is 6.11. The number of nitrogens with one attached hydrogen (secondary N) is 2.